The van der Waals surface area contributed by atoms with Gasteiger partial charge in [-0.1, -0.05) is 6.92 Å². The minimum absolute atomic E-state index is 0.0721. The Hall–Kier alpha value is -2.68. The first-order chi connectivity index (χ1) is 13.5. The maximum atomic E-state index is 13.1. The summed E-state index contributed by atoms with van der Waals surface area (Å²) in [5, 5.41) is 7.28. The second-order valence-electron chi connectivity index (χ2n) is 6.83. The second kappa shape index (κ2) is 7.38. The topological polar surface area (TPSA) is 84.5 Å². The Morgan fingerprint density at radius 3 is 2.93 bits per heavy atom. The van der Waals surface area contributed by atoms with Crippen LogP contribution >= 0.6 is 15.9 Å². The van der Waals surface area contributed by atoms with Gasteiger partial charge in [0.05, 0.1) is 10.5 Å². The highest BCUT2D eigenvalue weighted by Crippen LogP contribution is 2.29. The van der Waals surface area contributed by atoms with Crippen molar-refractivity contribution in [3.8, 4) is 0 Å². The predicted octanol–water partition coefficient (Wildman–Crippen LogP) is 2.65. The van der Waals surface area contributed by atoms with Crippen molar-refractivity contribution < 1.29 is 9.59 Å². The molecule has 0 radical (unpaired) electrons. The van der Waals surface area contributed by atoms with E-state index in [1.807, 2.05) is 30.5 Å². The van der Waals surface area contributed by atoms with Crippen LogP contribution in [0.3, 0.4) is 0 Å². The summed E-state index contributed by atoms with van der Waals surface area (Å²) in [5.41, 5.74) is 2.57. The average molecular weight is 445 g/mol. The molecule has 1 unspecified atom stereocenters. The highest BCUT2D eigenvalue weighted by molar-refractivity contribution is 9.10. The molecule has 1 N–H and O–H groups in total. The van der Waals surface area contributed by atoms with Gasteiger partial charge >= 0.3 is 0 Å². The molecule has 1 aliphatic heterocycles. The molecule has 0 bridgehead atoms. The van der Waals surface area contributed by atoms with Crippen molar-refractivity contribution in [3.63, 3.8) is 0 Å². The van der Waals surface area contributed by atoms with Gasteiger partial charge in [-0.2, -0.15) is 5.10 Å². The van der Waals surface area contributed by atoms with Crippen molar-refractivity contribution in [2.45, 2.75) is 32.9 Å². The second-order valence-corrected chi connectivity index (χ2v) is 7.75. The van der Waals surface area contributed by atoms with Gasteiger partial charge in [-0.05, 0) is 41.4 Å². The van der Waals surface area contributed by atoms with Gasteiger partial charge in [0.25, 0.3) is 11.8 Å². The number of amides is 2. The normalized spacial score (nSPS) is 16.2. The molecule has 3 aromatic rings. The standard InChI is InChI=1S/C19H21BrN6O2/c1-3-6-21-18(27)16-5-4-15-12(2)24(7-8-25(15)16)19(28)14-9-17-22-10-13(20)11-26(17)23-14/h4-5,9-12H,3,6-8H2,1-2H3,(H,21,27). The lowest BCUT2D eigenvalue weighted by Crippen LogP contribution is -2.42. The summed E-state index contributed by atoms with van der Waals surface area (Å²) in [6, 6.07) is 5.29. The lowest BCUT2D eigenvalue weighted by atomic mass is 10.1. The minimum atomic E-state index is -0.154. The summed E-state index contributed by atoms with van der Waals surface area (Å²) in [5.74, 6) is -0.212. The Morgan fingerprint density at radius 2 is 2.14 bits per heavy atom. The molecule has 0 saturated carbocycles. The van der Waals surface area contributed by atoms with Gasteiger partial charge in [0.15, 0.2) is 11.3 Å². The molecule has 1 aliphatic rings. The van der Waals surface area contributed by atoms with Crippen LogP contribution in [0.1, 0.15) is 53.0 Å². The zero-order chi connectivity index (χ0) is 19.8. The molecule has 3 aromatic heterocycles. The molecule has 0 fully saturated rings. The molecule has 4 heterocycles. The minimum Gasteiger partial charge on any atom is -0.351 e. The Balaban J connectivity index is 1.58. The van der Waals surface area contributed by atoms with E-state index in [9.17, 15) is 9.59 Å². The van der Waals surface area contributed by atoms with Gasteiger partial charge in [-0.25, -0.2) is 9.50 Å². The summed E-state index contributed by atoms with van der Waals surface area (Å²) in [7, 11) is 0. The lowest BCUT2D eigenvalue weighted by Gasteiger charge is -2.35. The molecule has 1 atom stereocenters. The summed E-state index contributed by atoms with van der Waals surface area (Å²) >= 11 is 3.36. The number of carbonyl (C=O) groups is 2. The van der Waals surface area contributed by atoms with E-state index >= 15 is 0 Å². The molecule has 4 rings (SSSR count). The van der Waals surface area contributed by atoms with Crippen molar-refractivity contribution in [2.24, 2.45) is 0 Å². The molecule has 0 spiro atoms. The number of nitrogens with one attached hydrogen (secondary N) is 1. The first-order valence-corrected chi connectivity index (χ1v) is 10.1. The Morgan fingerprint density at radius 1 is 1.32 bits per heavy atom. The summed E-state index contributed by atoms with van der Waals surface area (Å²) < 4.78 is 4.38. The molecular formula is C19H21BrN6O2. The largest absolute Gasteiger partial charge is 0.351 e. The predicted molar refractivity (Wildman–Crippen MR) is 107 cm³/mol. The highest BCUT2D eigenvalue weighted by atomic mass is 79.9. The van der Waals surface area contributed by atoms with Gasteiger partial charge in [0.2, 0.25) is 0 Å². The van der Waals surface area contributed by atoms with E-state index in [1.165, 1.54) is 0 Å². The number of carbonyl (C=O) groups excluding carboxylic acids is 2. The van der Waals surface area contributed by atoms with Gasteiger partial charge < -0.3 is 14.8 Å². The first-order valence-electron chi connectivity index (χ1n) is 9.29. The average Bonchev–Trinajstić information content (AvgIpc) is 3.30. The zero-order valence-corrected chi connectivity index (χ0v) is 17.3. The summed E-state index contributed by atoms with van der Waals surface area (Å²) in [6.07, 6.45) is 4.33. The fourth-order valence-corrected chi connectivity index (χ4v) is 3.87. The summed E-state index contributed by atoms with van der Waals surface area (Å²) in [6.45, 7) is 5.73. The van der Waals surface area contributed by atoms with Crippen molar-refractivity contribution >= 4 is 33.4 Å². The molecule has 0 aromatic carbocycles. The number of hydrogen-bond acceptors (Lipinski definition) is 4. The van der Waals surface area contributed by atoms with Gasteiger partial charge in [-0.15, -0.1) is 0 Å². The molecule has 9 heteroatoms. The maximum Gasteiger partial charge on any atom is 0.275 e. The Labute approximate surface area is 170 Å². The quantitative estimate of drug-likeness (QED) is 0.670. The molecule has 8 nitrogen and oxygen atoms in total. The third kappa shape index (κ3) is 3.19. The molecule has 0 aliphatic carbocycles. The van der Waals surface area contributed by atoms with Gasteiger partial charge in [0, 0.05) is 43.8 Å². The van der Waals surface area contributed by atoms with Crippen LogP contribution in [-0.2, 0) is 6.54 Å². The Kier molecular flexibility index (Phi) is 4.92. The first kappa shape index (κ1) is 18.7. The number of aromatic nitrogens is 4. The van der Waals surface area contributed by atoms with Crippen LogP contribution in [0.5, 0.6) is 0 Å². The van der Waals surface area contributed by atoms with E-state index in [-0.39, 0.29) is 17.9 Å². The number of halogens is 1. The maximum absolute atomic E-state index is 13.1. The molecular weight excluding hydrogens is 424 g/mol. The van der Waals surface area contributed by atoms with Crippen LogP contribution in [0.2, 0.25) is 0 Å². The van der Waals surface area contributed by atoms with E-state index in [4.69, 9.17) is 0 Å². The highest BCUT2D eigenvalue weighted by Gasteiger charge is 2.31. The monoisotopic (exact) mass is 444 g/mol. The number of fused-ring (bicyclic) bond motifs is 2. The van der Waals surface area contributed by atoms with Crippen LogP contribution in [-0.4, -0.2) is 49.0 Å². The third-order valence-electron chi connectivity index (χ3n) is 5.00. The molecule has 0 saturated heterocycles. The van der Waals surface area contributed by atoms with E-state index < -0.39 is 0 Å². The third-order valence-corrected chi connectivity index (χ3v) is 5.41. The smallest absolute Gasteiger partial charge is 0.275 e. The van der Waals surface area contributed by atoms with Gasteiger partial charge in [0.1, 0.15) is 5.69 Å². The van der Waals surface area contributed by atoms with Crippen LogP contribution in [0.25, 0.3) is 5.65 Å². The molecule has 2 amide bonds. The van der Waals surface area contributed by atoms with Crippen molar-refractivity contribution in [1.82, 2.24) is 29.4 Å². The van der Waals surface area contributed by atoms with Crippen molar-refractivity contribution in [1.29, 1.82) is 0 Å². The van der Waals surface area contributed by atoms with E-state index in [2.05, 4.69) is 31.3 Å². The van der Waals surface area contributed by atoms with E-state index in [0.29, 0.717) is 36.7 Å². The number of rotatable bonds is 4. The SMILES string of the molecule is CCCNC(=O)c1ccc2n1CCN(C(=O)c1cc3ncc(Br)cn3n1)C2C. The zero-order valence-electron chi connectivity index (χ0n) is 15.7. The Bertz CT molecular complexity index is 1060. The fraction of sp³-hybridized carbons (Fsp3) is 0.368. The summed E-state index contributed by atoms with van der Waals surface area (Å²) in [4.78, 5) is 31.5. The number of nitrogens with zero attached hydrogens (tertiary/aromatic N) is 5. The van der Waals surface area contributed by atoms with E-state index in [0.717, 1.165) is 16.6 Å². The van der Waals surface area contributed by atoms with Crippen LogP contribution in [0, 0.1) is 0 Å². The van der Waals surface area contributed by atoms with Crippen molar-refractivity contribution in [2.75, 3.05) is 13.1 Å². The number of hydrogen-bond donors (Lipinski definition) is 1. The molecule has 28 heavy (non-hydrogen) atoms. The van der Waals surface area contributed by atoms with Crippen molar-refractivity contribution in [3.05, 3.63) is 52.1 Å². The lowest BCUT2D eigenvalue weighted by molar-refractivity contribution is 0.0635. The van der Waals surface area contributed by atoms with Crippen LogP contribution in [0.15, 0.2) is 35.1 Å². The molecule has 146 valence electrons. The van der Waals surface area contributed by atoms with E-state index in [1.54, 1.807) is 27.9 Å². The van der Waals surface area contributed by atoms with Gasteiger partial charge in [-0.3, -0.25) is 9.59 Å². The van der Waals surface area contributed by atoms with Crippen LogP contribution < -0.4 is 5.32 Å². The fourth-order valence-electron chi connectivity index (χ4n) is 3.57. The van der Waals surface area contributed by atoms with Crippen LogP contribution in [0.4, 0.5) is 0 Å².